The molecular weight excluding hydrogens is 410 g/mol. The molecule has 5 nitrogen and oxygen atoms in total. The first-order valence-corrected chi connectivity index (χ1v) is 11.6. The van der Waals surface area contributed by atoms with E-state index < -0.39 is 0 Å². The van der Waals surface area contributed by atoms with E-state index in [2.05, 4.69) is 47.4 Å². The number of rotatable bonds is 7. The molecule has 1 saturated heterocycles. The topological polar surface area (TPSA) is 44.8 Å². The molecule has 1 aliphatic heterocycles. The molecule has 1 N–H and O–H groups in total. The lowest BCUT2D eigenvalue weighted by Crippen LogP contribution is -2.57. The van der Waals surface area contributed by atoms with E-state index in [1.54, 1.807) is 0 Å². The van der Waals surface area contributed by atoms with E-state index in [0.29, 0.717) is 6.04 Å². The van der Waals surface area contributed by atoms with Gasteiger partial charge in [-0.2, -0.15) is 0 Å². The molecule has 5 rings (SSSR count). The first-order chi connectivity index (χ1) is 15.9. The van der Waals surface area contributed by atoms with Gasteiger partial charge in [0.2, 0.25) is 0 Å². The van der Waals surface area contributed by atoms with Crippen molar-refractivity contribution in [1.29, 1.82) is 0 Å². The summed E-state index contributed by atoms with van der Waals surface area (Å²) in [7, 11) is 4.23. The summed E-state index contributed by atoms with van der Waals surface area (Å²) in [5.41, 5.74) is 3.64. The van der Waals surface area contributed by atoms with Crippen LogP contribution in [0.15, 0.2) is 72.8 Å². The van der Waals surface area contributed by atoms with Crippen molar-refractivity contribution in [2.24, 2.45) is 0 Å². The van der Waals surface area contributed by atoms with Crippen molar-refractivity contribution in [3.63, 3.8) is 0 Å². The number of benzene rings is 3. The van der Waals surface area contributed by atoms with Crippen molar-refractivity contribution >= 4 is 11.6 Å². The van der Waals surface area contributed by atoms with E-state index >= 15 is 0 Å². The van der Waals surface area contributed by atoms with E-state index in [0.717, 1.165) is 59.8 Å². The lowest BCUT2D eigenvalue weighted by Gasteiger charge is -2.44. The number of hydrogen-bond donors (Lipinski definition) is 1. The van der Waals surface area contributed by atoms with Gasteiger partial charge in [0.15, 0.2) is 0 Å². The molecule has 2 fully saturated rings. The molecule has 2 aliphatic rings. The largest absolute Gasteiger partial charge is 0.457 e. The normalized spacial score (nSPS) is 16.9. The molecule has 3 aromatic rings. The average molecular weight is 442 g/mol. The zero-order chi connectivity index (χ0) is 23.0. The van der Waals surface area contributed by atoms with Gasteiger partial charge in [-0.25, -0.2) is 0 Å². The minimum Gasteiger partial charge on any atom is -0.457 e. The van der Waals surface area contributed by atoms with Crippen LogP contribution in [0.4, 0.5) is 5.69 Å². The first kappa shape index (κ1) is 21.5. The van der Waals surface area contributed by atoms with E-state index in [4.69, 9.17) is 4.74 Å². The quantitative estimate of drug-likeness (QED) is 0.563. The molecule has 1 aliphatic carbocycles. The van der Waals surface area contributed by atoms with Crippen molar-refractivity contribution in [3.05, 3.63) is 89.5 Å². The monoisotopic (exact) mass is 441 g/mol. The maximum Gasteiger partial charge on any atom is 0.252 e. The number of anilines is 1. The van der Waals surface area contributed by atoms with Gasteiger partial charge in [-0.15, -0.1) is 0 Å². The van der Waals surface area contributed by atoms with Crippen molar-refractivity contribution < 1.29 is 9.53 Å². The molecule has 5 heteroatoms. The molecule has 0 atom stereocenters. The maximum atomic E-state index is 13.4. The van der Waals surface area contributed by atoms with Crippen LogP contribution in [0, 0.1) is 6.92 Å². The van der Waals surface area contributed by atoms with E-state index in [1.807, 2.05) is 61.5 Å². The molecule has 3 aromatic carbocycles. The number of ether oxygens (including phenoxy) is 1. The standard InChI is InChI=1S/C28H31N3O2/c1-20-12-13-22(31-18-23(19-31)30(2)3)17-26(20)27(32)29-28(14-15-28)21-8-7-11-25(16-21)33-24-9-5-4-6-10-24/h4-13,16-17,23H,14-15,18-19H2,1-3H3,(H,29,32). The van der Waals surface area contributed by atoms with Crippen molar-refractivity contribution in [1.82, 2.24) is 10.2 Å². The number of nitrogens with one attached hydrogen (secondary N) is 1. The fourth-order valence-electron chi connectivity index (χ4n) is 4.42. The molecule has 0 spiro atoms. The number of carbonyl (C=O) groups is 1. The lowest BCUT2D eigenvalue weighted by molar-refractivity contribution is 0.0930. The van der Waals surface area contributed by atoms with E-state index in [-0.39, 0.29) is 11.4 Å². The third-order valence-corrected chi connectivity index (χ3v) is 6.89. The van der Waals surface area contributed by atoms with Gasteiger partial charge in [-0.05, 0) is 81.4 Å². The van der Waals surface area contributed by atoms with Crippen molar-refractivity contribution in [3.8, 4) is 11.5 Å². The highest BCUT2D eigenvalue weighted by molar-refractivity contribution is 5.97. The Balaban J connectivity index is 1.31. The van der Waals surface area contributed by atoms with Crippen LogP contribution in [0.1, 0.15) is 34.3 Å². The van der Waals surface area contributed by atoms with Crippen LogP contribution < -0.4 is 15.0 Å². The third kappa shape index (κ3) is 4.46. The van der Waals surface area contributed by atoms with Crippen LogP contribution in [0.25, 0.3) is 0 Å². The molecule has 1 heterocycles. The second-order valence-corrected chi connectivity index (χ2v) is 9.50. The minimum absolute atomic E-state index is 0.00841. The summed E-state index contributed by atoms with van der Waals surface area (Å²) >= 11 is 0. The Morgan fingerprint density at radius 2 is 1.70 bits per heavy atom. The van der Waals surface area contributed by atoms with Gasteiger partial charge in [0.25, 0.3) is 5.91 Å². The van der Waals surface area contributed by atoms with E-state index in [9.17, 15) is 4.79 Å². The Labute approximate surface area is 196 Å². The second-order valence-electron chi connectivity index (χ2n) is 9.50. The Morgan fingerprint density at radius 3 is 2.39 bits per heavy atom. The second kappa shape index (κ2) is 8.56. The Kier molecular flexibility index (Phi) is 5.59. The van der Waals surface area contributed by atoms with Gasteiger partial charge >= 0.3 is 0 Å². The molecule has 33 heavy (non-hydrogen) atoms. The van der Waals surface area contributed by atoms with Crippen LogP contribution >= 0.6 is 0 Å². The third-order valence-electron chi connectivity index (χ3n) is 6.89. The van der Waals surface area contributed by atoms with E-state index in [1.165, 1.54) is 0 Å². The van der Waals surface area contributed by atoms with Gasteiger partial charge in [0.1, 0.15) is 11.5 Å². The van der Waals surface area contributed by atoms with Crippen molar-refractivity contribution in [2.75, 3.05) is 32.1 Å². The number of carbonyl (C=O) groups excluding carboxylic acids is 1. The smallest absolute Gasteiger partial charge is 0.252 e. The number of likely N-dealkylation sites (N-methyl/N-ethyl adjacent to an activating group) is 1. The van der Waals surface area contributed by atoms with Crippen LogP contribution in [0.2, 0.25) is 0 Å². The Hall–Kier alpha value is -3.31. The van der Waals surface area contributed by atoms with Crippen molar-refractivity contribution in [2.45, 2.75) is 31.3 Å². The molecule has 0 unspecified atom stereocenters. The number of hydrogen-bond acceptors (Lipinski definition) is 4. The fourth-order valence-corrected chi connectivity index (χ4v) is 4.42. The van der Waals surface area contributed by atoms with Crippen LogP contribution in [-0.4, -0.2) is 44.0 Å². The fraction of sp³-hybridized carbons (Fsp3) is 0.321. The lowest BCUT2D eigenvalue weighted by atomic mass is 10.0. The summed E-state index contributed by atoms with van der Waals surface area (Å²) < 4.78 is 6.02. The molecular formula is C28H31N3O2. The van der Waals surface area contributed by atoms with Gasteiger partial charge in [0, 0.05) is 30.4 Å². The molecule has 170 valence electrons. The van der Waals surface area contributed by atoms with Crippen LogP contribution in [-0.2, 0) is 5.54 Å². The van der Waals surface area contributed by atoms with Crippen LogP contribution in [0.3, 0.4) is 0 Å². The van der Waals surface area contributed by atoms with Gasteiger partial charge in [-0.1, -0.05) is 36.4 Å². The number of nitrogens with zero attached hydrogens (tertiary/aromatic N) is 2. The molecule has 1 amide bonds. The predicted octanol–water partition coefficient (Wildman–Crippen LogP) is 4.96. The van der Waals surface area contributed by atoms with Gasteiger partial charge < -0.3 is 19.9 Å². The molecule has 0 aromatic heterocycles. The maximum absolute atomic E-state index is 13.4. The summed E-state index contributed by atoms with van der Waals surface area (Å²) in [6, 6.07) is 24.6. The summed E-state index contributed by atoms with van der Waals surface area (Å²) in [6.45, 7) is 4.00. The zero-order valence-electron chi connectivity index (χ0n) is 19.5. The van der Waals surface area contributed by atoms with Crippen LogP contribution in [0.5, 0.6) is 11.5 Å². The zero-order valence-corrected chi connectivity index (χ0v) is 19.5. The molecule has 0 bridgehead atoms. The highest BCUT2D eigenvalue weighted by atomic mass is 16.5. The first-order valence-electron chi connectivity index (χ1n) is 11.6. The summed E-state index contributed by atoms with van der Waals surface area (Å²) in [6.07, 6.45) is 1.87. The highest BCUT2D eigenvalue weighted by Crippen LogP contribution is 2.46. The van der Waals surface area contributed by atoms with Gasteiger partial charge in [0.05, 0.1) is 5.54 Å². The molecule has 1 saturated carbocycles. The average Bonchev–Trinajstić information content (AvgIpc) is 3.55. The number of amides is 1. The summed E-state index contributed by atoms with van der Waals surface area (Å²) in [4.78, 5) is 17.9. The Bertz CT molecular complexity index is 1150. The Morgan fingerprint density at radius 1 is 0.970 bits per heavy atom. The summed E-state index contributed by atoms with van der Waals surface area (Å²) in [5, 5.41) is 3.34. The highest BCUT2D eigenvalue weighted by Gasteiger charge is 2.46. The predicted molar refractivity (Wildman–Crippen MR) is 132 cm³/mol. The number of aryl methyl sites for hydroxylation is 1. The van der Waals surface area contributed by atoms with Gasteiger partial charge in [-0.3, -0.25) is 4.79 Å². The SMILES string of the molecule is Cc1ccc(N2CC(N(C)C)C2)cc1C(=O)NC1(c2cccc(Oc3ccccc3)c2)CC1. The minimum atomic E-state index is -0.317. The number of para-hydroxylation sites is 1. The molecule has 0 radical (unpaired) electrons. The summed E-state index contributed by atoms with van der Waals surface area (Å²) in [5.74, 6) is 1.58.